The highest BCUT2D eigenvalue weighted by Gasteiger charge is 2.10. The van der Waals surface area contributed by atoms with Gasteiger partial charge in [0.15, 0.2) is 0 Å². The van der Waals surface area contributed by atoms with E-state index in [0.29, 0.717) is 0 Å². The Bertz CT molecular complexity index is 534. The van der Waals surface area contributed by atoms with Crippen LogP contribution in [0.4, 0.5) is 0 Å². The quantitative estimate of drug-likeness (QED) is 0.787. The van der Waals surface area contributed by atoms with Crippen LogP contribution in [0, 0.1) is 0 Å². The molecule has 2 aromatic heterocycles. The van der Waals surface area contributed by atoms with Crippen LogP contribution in [0.25, 0.3) is 0 Å². The summed E-state index contributed by atoms with van der Waals surface area (Å²) < 4.78 is 1.86. The predicted molar refractivity (Wildman–Crippen MR) is 84.2 cm³/mol. The second-order valence-electron chi connectivity index (χ2n) is 5.82. The first-order chi connectivity index (χ1) is 10.0. The Hall–Kier alpha value is -1.47. The van der Waals surface area contributed by atoms with Crippen LogP contribution >= 0.6 is 11.8 Å². The number of nitrogens with zero attached hydrogens (tertiary/aromatic N) is 5. The summed E-state index contributed by atoms with van der Waals surface area (Å²) in [4.78, 5) is 4.02. The van der Waals surface area contributed by atoms with Crippen molar-refractivity contribution < 1.29 is 0 Å². The van der Waals surface area contributed by atoms with Crippen molar-refractivity contribution in [3.05, 3.63) is 30.1 Å². The van der Waals surface area contributed by atoms with Gasteiger partial charge in [0, 0.05) is 30.2 Å². The third-order valence-electron chi connectivity index (χ3n) is 2.85. The van der Waals surface area contributed by atoms with Crippen molar-refractivity contribution >= 4 is 11.8 Å². The van der Waals surface area contributed by atoms with Gasteiger partial charge in [0.2, 0.25) is 5.16 Å². The molecule has 114 valence electrons. The van der Waals surface area contributed by atoms with Gasteiger partial charge in [-0.15, -0.1) is 5.10 Å². The van der Waals surface area contributed by atoms with Crippen LogP contribution in [0.1, 0.15) is 26.3 Å². The van der Waals surface area contributed by atoms with E-state index in [-0.39, 0.29) is 5.54 Å². The molecule has 0 aliphatic rings. The van der Waals surface area contributed by atoms with Crippen LogP contribution in [0.3, 0.4) is 0 Å². The fourth-order valence-corrected chi connectivity index (χ4v) is 2.68. The van der Waals surface area contributed by atoms with E-state index in [4.69, 9.17) is 0 Å². The largest absolute Gasteiger partial charge is 0.310 e. The number of hydrogen-bond donors (Lipinski definition) is 1. The van der Waals surface area contributed by atoms with E-state index in [0.717, 1.165) is 30.4 Å². The molecule has 1 N–H and O–H groups in total. The fraction of sp³-hybridized carbons (Fsp3) is 0.571. The lowest BCUT2D eigenvalue weighted by Crippen LogP contribution is -2.38. The van der Waals surface area contributed by atoms with Crippen molar-refractivity contribution in [1.29, 1.82) is 0 Å². The molecule has 2 aromatic rings. The minimum Gasteiger partial charge on any atom is -0.310 e. The fourth-order valence-electron chi connectivity index (χ4n) is 1.79. The second kappa shape index (κ2) is 7.51. The third kappa shape index (κ3) is 5.81. The highest BCUT2D eigenvalue weighted by atomic mass is 32.2. The van der Waals surface area contributed by atoms with Crippen LogP contribution in [0.15, 0.2) is 29.7 Å². The maximum Gasteiger partial charge on any atom is 0.209 e. The van der Waals surface area contributed by atoms with Gasteiger partial charge in [-0.25, -0.2) is 4.68 Å². The molecule has 0 amide bonds. The zero-order valence-corrected chi connectivity index (χ0v) is 13.6. The average molecular weight is 306 g/mol. The Morgan fingerprint density at radius 2 is 2.00 bits per heavy atom. The minimum absolute atomic E-state index is 0.114. The highest BCUT2D eigenvalue weighted by Crippen LogP contribution is 2.15. The molecule has 0 radical (unpaired) electrons. The maximum atomic E-state index is 4.09. The molecule has 0 aliphatic carbocycles. The van der Waals surface area contributed by atoms with Crippen molar-refractivity contribution in [3.63, 3.8) is 0 Å². The van der Waals surface area contributed by atoms with Gasteiger partial charge in [-0.05, 0) is 55.3 Å². The van der Waals surface area contributed by atoms with Gasteiger partial charge in [-0.3, -0.25) is 4.98 Å². The number of nitrogens with one attached hydrogen (secondary N) is 1. The van der Waals surface area contributed by atoms with Crippen molar-refractivity contribution in [1.82, 2.24) is 30.5 Å². The van der Waals surface area contributed by atoms with Gasteiger partial charge < -0.3 is 5.32 Å². The SMILES string of the molecule is CC(C)(C)NCCn1nnnc1SCCc1ccncc1. The molecule has 2 rings (SSSR count). The number of aromatic nitrogens is 5. The molecule has 2 heterocycles. The summed E-state index contributed by atoms with van der Waals surface area (Å²) in [5.74, 6) is 0.955. The lowest BCUT2D eigenvalue weighted by molar-refractivity contribution is 0.396. The average Bonchev–Trinajstić information content (AvgIpc) is 2.86. The van der Waals surface area contributed by atoms with Gasteiger partial charge in [-0.2, -0.15) is 0 Å². The molecular formula is C14H22N6S. The summed E-state index contributed by atoms with van der Waals surface area (Å²) >= 11 is 1.69. The number of aryl methyl sites for hydroxylation is 1. The summed E-state index contributed by atoms with van der Waals surface area (Å²) in [7, 11) is 0. The predicted octanol–water partition coefficient (Wildman–Crippen LogP) is 1.79. The van der Waals surface area contributed by atoms with Crippen LogP contribution in [0.5, 0.6) is 0 Å². The van der Waals surface area contributed by atoms with Crippen molar-refractivity contribution in [2.45, 2.75) is 44.4 Å². The van der Waals surface area contributed by atoms with E-state index in [9.17, 15) is 0 Å². The molecule has 0 unspecified atom stereocenters. The lowest BCUT2D eigenvalue weighted by Gasteiger charge is -2.20. The van der Waals surface area contributed by atoms with Gasteiger partial charge in [0.05, 0.1) is 6.54 Å². The number of thioether (sulfide) groups is 1. The third-order valence-corrected chi connectivity index (χ3v) is 3.81. The van der Waals surface area contributed by atoms with Crippen molar-refractivity contribution in [3.8, 4) is 0 Å². The van der Waals surface area contributed by atoms with Gasteiger partial charge in [-0.1, -0.05) is 11.8 Å². The van der Waals surface area contributed by atoms with Gasteiger partial charge in [0.25, 0.3) is 0 Å². The van der Waals surface area contributed by atoms with Crippen LogP contribution < -0.4 is 5.32 Å². The standard InChI is InChI=1S/C14H22N6S/c1-14(2,3)16-9-10-20-13(17-18-19-20)21-11-6-12-4-7-15-8-5-12/h4-5,7-8,16H,6,9-11H2,1-3H3. The molecule has 6 nitrogen and oxygen atoms in total. The zero-order chi connectivity index (χ0) is 15.1. The molecule has 0 bridgehead atoms. The minimum atomic E-state index is 0.114. The summed E-state index contributed by atoms with van der Waals surface area (Å²) in [6.07, 6.45) is 4.63. The van der Waals surface area contributed by atoms with E-state index < -0.39 is 0 Å². The van der Waals surface area contributed by atoms with E-state index in [1.165, 1.54) is 5.56 Å². The van der Waals surface area contributed by atoms with E-state index in [1.807, 2.05) is 29.2 Å². The highest BCUT2D eigenvalue weighted by molar-refractivity contribution is 7.99. The van der Waals surface area contributed by atoms with Crippen LogP contribution in [-0.4, -0.2) is 43.0 Å². The monoisotopic (exact) mass is 306 g/mol. The molecule has 21 heavy (non-hydrogen) atoms. The van der Waals surface area contributed by atoms with Crippen molar-refractivity contribution in [2.75, 3.05) is 12.3 Å². The van der Waals surface area contributed by atoms with Gasteiger partial charge in [0.1, 0.15) is 0 Å². The van der Waals surface area contributed by atoms with Crippen molar-refractivity contribution in [2.24, 2.45) is 0 Å². The molecule has 0 atom stereocenters. The van der Waals surface area contributed by atoms with E-state index >= 15 is 0 Å². The Morgan fingerprint density at radius 3 is 2.71 bits per heavy atom. The summed E-state index contributed by atoms with van der Waals surface area (Å²) in [5, 5.41) is 16.2. The molecule has 0 spiro atoms. The first kappa shape index (κ1) is 15.9. The van der Waals surface area contributed by atoms with Crippen LogP contribution in [0.2, 0.25) is 0 Å². The smallest absolute Gasteiger partial charge is 0.209 e. The number of tetrazole rings is 1. The Balaban J connectivity index is 1.78. The van der Waals surface area contributed by atoms with E-state index in [2.05, 4.69) is 46.6 Å². The molecule has 0 saturated heterocycles. The summed E-state index contributed by atoms with van der Waals surface area (Å²) in [6, 6.07) is 4.08. The molecule has 0 saturated carbocycles. The maximum absolute atomic E-state index is 4.09. The first-order valence-electron chi connectivity index (χ1n) is 7.07. The number of pyridine rings is 1. The first-order valence-corrected chi connectivity index (χ1v) is 8.06. The number of rotatable bonds is 7. The molecule has 0 aliphatic heterocycles. The second-order valence-corrected chi connectivity index (χ2v) is 6.88. The Labute approximate surface area is 129 Å². The lowest BCUT2D eigenvalue weighted by atomic mass is 10.1. The molecule has 0 aromatic carbocycles. The Morgan fingerprint density at radius 1 is 1.24 bits per heavy atom. The molecule has 7 heteroatoms. The van der Waals surface area contributed by atoms with Crippen LogP contribution in [-0.2, 0) is 13.0 Å². The topological polar surface area (TPSA) is 68.5 Å². The van der Waals surface area contributed by atoms with E-state index in [1.54, 1.807) is 11.8 Å². The normalized spacial score (nSPS) is 11.8. The number of hydrogen-bond acceptors (Lipinski definition) is 6. The zero-order valence-electron chi connectivity index (χ0n) is 12.8. The summed E-state index contributed by atoms with van der Waals surface area (Å²) in [6.45, 7) is 8.08. The van der Waals surface area contributed by atoms with Gasteiger partial charge >= 0.3 is 0 Å². The summed E-state index contributed by atoms with van der Waals surface area (Å²) in [5.41, 5.74) is 1.40. The molecular weight excluding hydrogens is 284 g/mol. The Kier molecular flexibility index (Phi) is 5.69. The molecule has 0 fully saturated rings.